The molecule has 2 nitrogen and oxygen atoms in total. The molecule has 1 N–H and O–H groups in total. The highest BCUT2D eigenvalue weighted by molar-refractivity contribution is 5.83. The molecule has 0 aromatic rings. The topological polar surface area (TPSA) is 37.3 Å². The first-order chi connectivity index (χ1) is 7.57. The molecule has 0 aromatic carbocycles. The van der Waals surface area contributed by atoms with Crippen molar-refractivity contribution in [2.24, 2.45) is 17.8 Å². The van der Waals surface area contributed by atoms with Crippen molar-refractivity contribution in [1.29, 1.82) is 0 Å². The summed E-state index contributed by atoms with van der Waals surface area (Å²) in [4.78, 5) is 11.7. The highest BCUT2D eigenvalue weighted by Gasteiger charge is 2.38. The number of Topliss-reactive ketones (excluding diaryl/α,β-unsaturated/α-hetero) is 1. The number of allylic oxidation sites excluding steroid dienone is 3. The molecular weight excluding hydrogens is 200 g/mol. The maximum absolute atomic E-state index is 11.7. The van der Waals surface area contributed by atoms with Gasteiger partial charge in [-0.3, -0.25) is 4.79 Å². The Hall–Kier alpha value is -0.890. The zero-order valence-corrected chi connectivity index (χ0v) is 10.2. The maximum Gasteiger partial charge on any atom is 0.138 e. The van der Waals surface area contributed by atoms with Crippen LogP contribution in [-0.2, 0) is 4.79 Å². The molecule has 1 unspecified atom stereocenters. The van der Waals surface area contributed by atoms with Crippen LogP contribution in [-0.4, -0.2) is 17.0 Å². The number of aliphatic hydroxyl groups is 1. The van der Waals surface area contributed by atoms with Crippen LogP contribution in [0.3, 0.4) is 0 Å². The van der Waals surface area contributed by atoms with Crippen molar-refractivity contribution in [2.75, 3.05) is 0 Å². The van der Waals surface area contributed by atoms with Crippen LogP contribution in [0.25, 0.3) is 0 Å². The van der Waals surface area contributed by atoms with E-state index in [1.807, 2.05) is 19.1 Å². The van der Waals surface area contributed by atoms with Crippen LogP contribution in [0, 0.1) is 17.8 Å². The Morgan fingerprint density at radius 3 is 2.81 bits per heavy atom. The Kier molecular flexibility index (Phi) is 4.94. The summed E-state index contributed by atoms with van der Waals surface area (Å²) in [5.74, 6) is 0.547. The Morgan fingerprint density at radius 2 is 2.31 bits per heavy atom. The molecule has 0 heterocycles. The van der Waals surface area contributed by atoms with E-state index in [9.17, 15) is 9.90 Å². The molecule has 1 aliphatic rings. The van der Waals surface area contributed by atoms with Crippen LogP contribution in [0.15, 0.2) is 24.8 Å². The van der Waals surface area contributed by atoms with E-state index >= 15 is 0 Å². The zero-order chi connectivity index (χ0) is 12.1. The van der Waals surface area contributed by atoms with Gasteiger partial charge in [-0.2, -0.15) is 0 Å². The van der Waals surface area contributed by atoms with Crippen molar-refractivity contribution < 1.29 is 9.90 Å². The van der Waals surface area contributed by atoms with Crippen LogP contribution in [0.5, 0.6) is 0 Å². The summed E-state index contributed by atoms with van der Waals surface area (Å²) in [6.07, 6.45) is 7.45. The van der Waals surface area contributed by atoms with Crippen molar-refractivity contribution in [3.05, 3.63) is 24.8 Å². The molecule has 0 saturated heterocycles. The zero-order valence-electron chi connectivity index (χ0n) is 10.2. The fraction of sp³-hybridized carbons (Fsp3) is 0.643. The molecule has 4 atom stereocenters. The Balaban J connectivity index is 2.55. The van der Waals surface area contributed by atoms with Gasteiger partial charge in [-0.05, 0) is 24.7 Å². The van der Waals surface area contributed by atoms with Gasteiger partial charge in [0.15, 0.2) is 0 Å². The molecule has 0 aromatic heterocycles. The number of carbonyl (C=O) groups is 1. The summed E-state index contributed by atoms with van der Waals surface area (Å²) in [6.45, 7) is 7.66. The number of aliphatic hydroxyl groups excluding tert-OH is 1. The maximum atomic E-state index is 11.7. The van der Waals surface area contributed by atoms with Gasteiger partial charge in [0.1, 0.15) is 5.78 Å². The highest BCUT2D eigenvalue weighted by atomic mass is 16.3. The van der Waals surface area contributed by atoms with E-state index in [0.29, 0.717) is 12.3 Å². The molecule has 0 amide bonds. The second kappa shape index (κ2) is 6.00. The molecule has 90 valence electrons. The molecule has 0 radical (unpaired) electrons. The van der Waals surface area contributed by atoms with E-state index in [2.05, 4.69) is 13.5 Å². The summed E-state index contributed by atoms with van der Waals surface area (Å²) in [5.41, 5.74) is 0. The molecular formula is C14H22O2. The highest BCUT2D eigenvalue weighted by Crippen LogP contribution is 2.34. The van der Waals surface area contributed by atoms with E-state index in [4.69, 9.17) is 0 Å². The fourth-order valence-corrected chi connectivity index (χ4v) is 2.44. The third-order valence-electron chi connectivity index (χ3n) is 3.56. The number of hydrogen-bond donors (Lipinski definition) is 1. The van der Waals surface area contributed by atoms with Crippen molar-refractivity contribution in [1.82, 2.24) is 0 Å². The van der Waals surface area contributed by atoms with E-state index in [-0.39, 0.29) is 17.6 Å². The number of carbonyl (C=O) groups excluding carboxylic acids is 1. The van der Waals surface area contributed by atoms with Crippen molar-refractivity contribution in [3.63, 3.8) is 0 Å². The molecule has 1 fully saturated rings. The smallest absolute Gasteiger partial charge is 0.138 e. The van der Waals surface area contributed by atoms with E-state index < -0.39 is 6.10 Å². The average Bonchev–Trinajstić information content (AvgIpc) is 2.58. The molecule has 0 bridgehead atoms. The third-order valence-corrected chi connectivity index (χ3v) is 3.56. The fourth-order valence-electron chi connectivity index (χ4n) is 2.44. The van der Waals surface area contributed by atoms with Gasteiger partial charge >= 0.3 is 0 Å². The summed E-state index contributed by atoms with van der Waals surface area (Å²) in [6, 6.07) is 0. The summed E-state index contributed by atoms with van der Waals surface area (Å²) >= 11 is 0. The van der Waals surface area contributed by atoms with E-state index in [1.54, 1.807) is 6.08 Å². The second-order valence-electron chi connectivity index (χ2n) is 4.88. The Morgan fingerprint density at radius 1 is 1.62 bits per heavy atom. The van der Waals surface area contributed by atoms with Crippen molar-refractivity contribution in [3.8, 4) is 0 Å². The first-order valence-electron chi connectivity index (χ1n) is 6.06. The minimum Gasteiger partial charge on any atom is -0.392 e. The van der Waals surface area contributed by atoms with E-state index in [1.165, 1.54) is 0 Å². The summed E-state index contributed by atoms with van der Waals surface area (Å²) in [7, 11) is 0. The number of ketones is 1. The van der Waals surface area contributed by atoms with Gasteiger partial charge in [0.2, 0.25) is 0 Å². The molecule has 0 spiro atoms. The molecule has 1 rings (SSSR count). The first kappa shape index (κ1) is 13.2. The molecule has 1 aliphatic carbocycles. The van der Waals surface area contributed by atoms with Crippen molar-refractivity contribution in [2.45, 2.75) is 39.2 Å². The lowest BCUT2D eigenvalue weighted by Crippen LogP contribution is -2.33. The van der Waals surface area contributed by atoms with Crippen LogP contribution < -0.4 is 0 Å². The molecule has 1 saturated carbocycles. The lowest BCUT2D eigenvalue weighted by Gasteiger charge is -2.25. The van der Waals surface area contributed by atoms with Gasteiger partial charge in [0.25, 0.3) is 0 Å². The van der Waals surface area contributed by atoms with Crippen LogP contribution >= 0.6 is 0 Å². The molecule has 2 heteroatoms. The van der Waals surface area contributed by atoms with Gasteiger partial charge in [-0.25, -0.2) is 0 Å². The van der Waals surface area contributed by atoms with Crippen molar-refractivity contribution >= 4 is 5.78 Å². The first-order valence-corrected chi connectivity index (χ1v) is 6.06. The predicted octanol–water partition coefficient (Wildman–Crippen LogP) is 2.73. The quantitative estimate of drug-likeness (QED) is 0.726. The van der Waals surface area contributed by atoms with Gasteiger partial charge in [0.05, 0.1) is 6.10 Å². The minimum absolute atomic E-state index is 0.130. The molecule has 0 aliphatic heterocycles. The average molecular weight is 222 g/mol. The second-order valence-corrected chi connectivity index (χ2v) is 4.88. The van der Waals surface area contributed by atoms with Crippen LogP contribution in [0.4, 0.5) is 0 Å². The minimum atomic E-state index is -0.500. The number of rotatable bonds is 5. The normalized spacial score (nSPS) is 29.6. The predicted molar refractivity (Wildman–Crippen MR) is 66.0 cm³/mol. The third kappa shape index (κ3) is 3.05. The lowest BCUT2D eigenvalue weighted by atomic mass is 9.83. The monoisotopic (exact) mass is 222 g/mol. The summed E-state index contributed by atoms with van der Waals surface area (Å²) < 4.78 is 0. The van der Waals surface area contributed by atoms with Gasteiger partial charge in [0, 0.05) is 12.3 Å². The van der Waals surface area contributed by atoms with Gasteiger partial charge < -0.3 is 5.11 Å². The standard InChI is InChI=1S/C14H22O2/c1-4-5-6-7-11(3)14(16)13-10(2)8-9-12(13)15/h4-6,10-11,13-14,16H,1,7-9H2,2-3H3/b6-5+/t10?,11-,13-,14-/m1/s1. The molecule has 16 heavy (non-hydrogen) atoms. The Bertz CT molecular complexity index is 280. The summed E-state index contributed by atoms with van der Waals surface area (Å²) in [5, 5.41) is 10.2. The largest absolute Gasteiger partial charge is 0.392 e. The lowest BCUT2D eigenvalue weighted by molar-refractivity contribution is -0.125. The Labute approximate surface area is 98.1 Å². The van der Waals surface area contributed by atoms with Crippen LogP contribution in [0.2, 0.25) is 0 Å². The SMILES string of the molecule is C=C/C=C/C[C@@H](C)[C@@H](O)[C@H]1C(=O)CCC1C. The van der Waals surface area contributed by atoms with Gasteiger partial charge in [-0.15, -0.1) is 0 Å². The number of hydrogen-bond acceptors (Lipinski definition) is 2. The van der Waals surface area contributed by atoms with E-state index in [0.717, 1.165) is 12.8 Å². The van der Waals surface area contributed by atoms with Crippen LogP contribution in [0.1, 0.15) is 33.1 Å². The van der Waals surface area contributed by atoms with Gasteiger partial charge in [-0.1, -0.05) is 38.7 Å².